The molecular weight excluding hydrogens is 458 g/mol. The van der Waals surface area contributed by atoms with Gasteiger partial charge >= 0.3 is 15.2 Å². The quantitative estimate of drug-likeness (QED) is 0.250. The van der Waals surface area contributed by atoms with E-state index in [0.29, 0.717) is 21.2 Å². The molecule has 172 valence electrons. The third-order valence-electron chi connectivity index (χ3n) is 4.28. The highest BCUT2D eigenvalue weighted by molar-refractivity contribution is 7.98. The molecule has 0 aromatic heterocycles. The lowest BCUT2D eigenvalue weighted by molar-refractivity contribution is 0.214. The third-order valence-corrected chi connectivity index (χ3v) is 10.3. The van der Waals surface area contributed by atoms with E-state index in [1.54, 1.807) is 39.8 Å². The number of benzene rings is 2. The largest absolute Gasteiger partial charge is 0.506 e. The van der Waals surface area contributed by atoms with Crippen molar-refractivity contribution >= 4 is 43.8 Å². The van der Waals surface area contributed by atoms with Crippen LogP contribution in [-0.2, 0) is 27.2 Å². The van der Waals surface area contributed by atoms with E-state index in [2.05, 4.69) is 0 Å². The molecule has 0 atom stereocenters. The zero-order chi connectivity index (χ0) is 23.1. The van der Waals surface area contributed by atoms with Crippen LogP contribution in [0.15, 0.2) is 40.3 Å². The fourth-order valence-electron chi connectivity index (χ4n) is 3.10. The van der Waals surface area contributed by atoms with Crippen LogP contribution in [0.2, 0.25) is 0 Å². The van der Waals surface area contributed by atoms with Crippen molar-refractivity contribution in [2.24, 2.45) is 0 Å². The summed E-state index contributed by atoms with van der Waals surface area (Å²) in [5.41, 5.74) is 0.590. The van der Waals surface area contributed by atoms with E-state index < -0.39 is 15.2 Å². The predicted octanol–water partition coefficient (Wildman–Crippen LogP) is 7.10. The minimum absolute atomic E-state index is 0.0826. The molecule has 31 heavy (non-hydrogen) atoms. The van der Waals surface area contributed by atoms with Crippen LogP contribution in [-0.4, -0.2) is 37.8 Å². The molecule has 0 amide bonds. The highest BCUT2D eigenvalue weighted by Gasteiger charge is 2.45. The Morgan fingerprint density at radius 2 is 1.35 bits per heavy atom. The standard InChI is InChI=1S/C21H30O7P2S/c1-6-25-29(23,26-7-2)20(30(24,27-8-3)28-9-4)15-16-14-19(31-5)21(22)18-13-11-10-12-17(16)18/h10-15,22H,6-9H2,1-5H3. The summed E-state index contributed by atoms with van der Waals surface area (Å²) in [5, 5.41) is 11.8. The lowest BCUT2D eigenvalue weighted by Crippen LogP contribution is -2.05. The van der Waals surface area contributed by atoms with E-state index >= 15 is 0 Å². The minimum Gasteiger partial charge on any atom is -0.506 e. The van der Waals surface area contributed by atoms with Gasteiger partial charge in [0.1, 0.15) is 5.75 Å². The Balaban J connectivity index is 2.91. The molecule has 0 aliphatic rings. The predicted molar refractivity (Wildman–Crippen MR) is 127 cm³/mol. The lowest BCUT2D eigenvalue weighted by Gasteiger charge is -2.26. The van der Waals surface area contributed by atoms with Crippen LogP contribution in [0, 0.1) is 0 Å². The van der Waals surface area contributed by atoms with Gasteiger partial charge in [0.15, 0.2) is 5.06 Å². The molecule has 0 saturated heterocycles. The molecule has 10 heteroatoms. The maximum atomic E-state index is 13.8. The Kier molecular flexibility index (Phi) is 9.84. The van der Waals surface area contributed by atoms with Crippen LogP contribution in [0.4, 0.5) is 0 Å². The zero-order valence-electron chi connectivity index (χ0n) is 18.5. The number of thioether (sulfide) groups is 1. The van der Waals surface area contributed by atoms with Crippen molar-refractivity contribution in [1.29, 1.82) is 0 Å². The molecule has 0 radical (unpaired) electrons. The number of phenols is 1. The maximum Gasteiger partial charge on any atom is 0.369 e. The molecule has 0 aliphatic heterocycles. The molecule has 0 spiro atoms. The normalized spacial score (nSPS) is 12.3. The van der Waals surface area contributed by atoms with Crippen molar-refractivity contribution in [3.05, 3.63) is 41.0 Å². The van der Waals surface area contributed by atoms with Gasteiger partial charge in [0.25, 0.3) is 0 Å². The smallest absolute Gasteiger partial charge is 0.369 e. The first-order valence-electron chi connectivity index (χ1n) is 10.1. The van der Waals surface area contributed by atoms with Crippen LogP contribution in [0.25, 0.3) is 16.8 Å². The van der Waals surface area contributed by atoms with Gasteiger partial charge in [-0.05, 0) is 57.0 Å². The number of hydrogen-bond donors (Lipinski definition) is 1. The molecule has 7 nitrogen and oxygen atoms in total. The molecule has 0 fully saturated rings. The van der Waals surface area contributed by atoms with Gasteiger partial charge in [-0.2, -0.15) is 0 Å². The first-order valence-corrected chi connectivity index (χ1v) is 14.4. The molecule has 0 bridgehead atoms. The first-order chi connectivity index (χ1) is 14.8. The van der Waals surface area contributed by atoms with Crippen LogP contribution in [0.5, 0.6) is 5.75 Å². The molecule has 0 heterocycles. The molecule has 2 aromatic rings. The Hall–Kier alpha value is -1.11. The average Bonchev–Trinajstić information content (AvgIpc) is 2.74. The average molecular weight is 488 g/mol. The van der Waals surface area contributed by atoms with Gasteiger partial charge in [-0.3, -0.25) is 9.13 Å². The second-order valence-corrected chi connectivity index (χ2v) is 11.4. The Morgan fingerprint density at radius 1 is 0.903 bits per heavy atom. The van der Waals surface area contributed by atoms with E-state index in [0.717, 1.165) is 0 Å². The van der Waals surface area contributed by atoms with Gasteiger partial charge in [-0.15, -0.1) is 11.8 Å². The summed E-state index contributed by atoms with van der Waals surface area (Å²) in [6.07, 6.45) is 3.34. The van der Waals surface area contributed by atoms with Crippen LogP contribution in [0.3, 0.4) is 0 Å². The van der Waals surface area contributed by atoms with Gasteiger partial charge in [0.05, 0.1) is 31.3 Å². The van der Waals surface area contributed by atoms with Crippen molar-refractivity contribution in [3.8, 4) is 5.75 Å². The van der Waals surface area contributed by atoms with Crippen LogP contribution in [0.1, 0.15) is 33.3 Å². The molecule has 0 aliphatic carbocycles. The topological polar surface area (TPSA) is 91.3 Å². The molecule has 2 rings (SSSR count). The monoisotopic (exact) mass is 488 g/mol. The van der Waals surface area contributed by atoms with Crippen molar-refractivity contribution in [2.45, 2.75) is 32.6 Å². The van der Waals surface area contributed by atoms with E-state index in [-0.39, 0.29) is 37.2 Å². The van der Waals surface area contributed by atoms with E-state index in [1.807, 2.05) is 24.5 Å². The Labute approximate surface area is 188 Å². The molecule has 2 aromatic carbocycles. The highest BCUT2D eigenvalue weighted by Crippen LogP contribution is 2.74. The van der Waals surface area contributed by atoms with Gasteiger partial charge in [0.2, 0.25) is 0 Å². The van der Waals surface area contributed by atoms with Crippen LogP contribution < -0.4 is 0 Å². The fraction of sp³-hybridized carbons (Fsp3) is 0.429. The van der Waals surface area contributed by atoms with Crippen molar-refractivity contribution in [2.75, 3.05) is 32.7 Å². The highest BCUT2D eigenvalue weighted by atomic mass is 32.2. The summed E-state index contributed by atoms with van der Waals surface area (Å²) in [5.74, 6) is 0.150. The van der Waals surface area contributed by atoms with Gasteiger partial charge in [0, 0.05) is 5.39 Å². The number of hydrogen-bond acceptors (Lipinski definition) is 8. The number of fused-ring (bicyclic) bond motifs is 1. The van der Waals surface area contributed by atoms with Crippen molar-refractivity contribution < 1.29 is 32.3 Å². The van der Waals surface area contributed by atoms with Gasteiger partial charge < -0.3 is 23.2 Å². The fourth-order valence-corrected chi connectivity index (χ4v) is 8.18. The lowest BCUT2D eigenvalue weighted by atomic mass is 10.0. The maximum absolute atomic E-state index is 13.8. The summed E-state index contributed by atoms with van der Waals surface area (Å²) in [7, 11) is -8.02. The molecule has 1 N–H and O–H groups in total. The Bertz CT molecular complexity index is 970. The van der Waals surface area contributed by atoms with Gasteiger partial charge in [-0.1, -0.05) is 24.3 Å². The van der Waals surface area contributed by atoms with E-state index in [4.69, 9.17) is 18.1 Å². The second-order valence-electron chi connectivity index (χ2n) is 6.23. The second kappa shape index (κ2) is 11.7. The summed E-state index contributed by atoms with van der Waals surface area (Å²) in [6.45, 7) is 7.04. The summed E-state index contributed by atoms with van der Waals surface area (Å²) >= 11 is 1.37. The van der Waals surface area contributed by atoms with E-state index in [1.165, 1.54) is 17.8 Å². The number of aromatic hydroxyl groups is 1. The van der Waals surface area contributed by atoms with Crippen molar-refractivity contribution in [3.63, 3.8) is 0 Å². The SMILES string of the molecule is CCOP(=O)(OCC)C(=Cc1cc(SC)c(O)c2ccccc12)P(=O)(OCC)OCC. The summed E-state index contributed by atoms with van der Waals surface area (Å²) in [4.78, 5) is 0.620. The molecular formula is C21H30O7P2S. The zero-order valence-corrected chi connectivity index (χ0v) is 21.1. The first kappa shape index (κ1) is 26.1. The third kappa shape index (κ3) is 5.82. The Morgan fingerprint density at radius 3 is 1.77 bits per heavy atom. The summed E-state index contributed by atoms with van der Waals surface area (Å²) < 4.78 is 49.6. The minimum atomic E-state index is -4.01. The number of phenolic OH excluding ortho intramolecular Hbond substituents is 1. The van der Waals surface area contributed by atoms with Gasteiger partial charge in [-0.25, -0.2) is 0 Å². The van der Waals surface area contributed by atoms with Crippen LogP contribution >= 0.6 is 27.0 Å². The molecule has 0 saturated carbocycles. The molecule has 0 unspecified atom stereocenters. The number of rotatable bonds is 12. The van der Waals surface area contributed by atoms with Crippen molar-refractivity contribution in [1.82, 2.24) is 0 Å². The summed E-state index contributed by atoms with van der Waals surface area (Å²) in [6, 6.07) is 8.99. The van der Waals surface area contributed by atoms with E-state index in [9.17, 15) is 14.2 Å².